The molecule has 0 aromatic heterocycles. The SMILES string of the molecule is CCC(O)C1CC(NC(C)=O)CN(C(=O)OC)C1. The van der Waals surface area contributed by atoms with Gasteiger partial charge in [0.15, 0.2) is 0 Å². The third kappa shape index (κ3) is 3.87. The zero-order chi connectivity index (χ0) is 13.7. The number of likely N-dealkylation sites (tertiary alicyclic amines) is 1. The first-order valence-electron chi connectivity index (χ1n) is 6.26. The quantitative estimate of drug-likeness (QED) is 0.765. The predicted octanol–water partition coefficient (Wildman–Crippen LogP) is 0.350. The highest BCUT2D eigenvalue weighted by Crippen LogP contribution is 2.22. The van der Waals surface area contributed by atoms with E-state index in [0.29, 0.717) is 25.9 Å². The number of carbonyl (C=O) groups is 2. The monoisotopic (exact) mass is 258 g/mol. The van der Waals surface area contributed by atoms with E-state index in [2.05, 4.69) is 5.32 Å². The van der Waals surface area contributed by atoms with E-state index in [4.69, 9.17) is 4.74 Å². The molecule has 0 saturated carbocycles. The van der Waals surface area contributed by atoms with Crippen LogP contribution < -0.4 is 5.32 Å². The molecule has 1 fully saturated rings. The predicted molar refractivity (Wildman–Crippen MR) is 66.0 cm³/mol. The molecule has 0 aromatic rings. The van der Waals surface area contributed by atoms with Gasteiger partial charge in [-0.15, -0.1) is 0 Å². The van der Waals surface area contributed by atoms with Gasteiger partial charge in [-0.2, -0.15) is 0 Å². The van der Waals surface area contributed by atoms with Gasteiger partial charge in [-0.25, -0.2) is 4.79 Å². The smallest absolute Gasteiger partial charge is 0.409 e. The Morgan fingerprint density at radius 3 is 2.67 bits per heavy atom. The van der Waals surface area contributed by atoms with E-state index < -0.39 is 12.2 Å². The highest BCUT2D eigenvalue weighted by Gasteiger charge is 2.33. The van der Waals surface area contributed by atoms with Crippen LogP contribution in [0.1, 0.15) is 26.7 Å². The molecule has 3 unspecified atom stereocenters. The highest BCUT2D eigenvalue weighted by molar-refractivity contribution is 5.73. The maximum absolute atomic E-state index is 11.6. The molecule has 6 heteroatoms. The standard InChI is InChI=1S/C12H22N2O4/c1-4-11(16)9-5-10(13-8(2)15)7-14(6-9)12(17)18-3/h9-11,16H,4-7H2,1-3H3,(H,13,15). The van der Waals surface area contributed by atoms with Crippen LogP contribution in [0.4, 0.5) is 4.79 Å². The van der Waals surface area contributed by atoms with Crippen molar-refractivity contribution >= 4 is 12.0 Å². The summed E-state index contributed by atoms with van der Waals surface area (Å²) >= 11 is 0. The molecule has 1 rings (SSSR count). The van der Waals surface area contributed by atoms with E-state index >= 15 is 0 Å². The lowest BCUT2D eigenvalue weighted by atomic mass is 9.88. The lowest BCUT2D eigenvalue weighted by Crippen LogP contribution is -2.54. The number of rotatable bonds is 3. The molecule has 1 saturated heterocycles. The van der Waals surface area contributed by atoms with Gasteiger partial charge in [0.1, 0.15) is 0 Å². The number of ether oxygens (including phenoxy) is 1. The normalized spacial score (nSPS) is 25.4. The second-order valence-electron chi connectivity index (χ2n) is 4.74. The van der Waals surface area contributed by atoms with Gasteiger partial charge in [0, 0.05) is 32.0 Å². The van der Waals surface area contributed by atoms with Crippen LogP contribution in [0.5, 0.6) is 0 Å². The van der Waals surface area contributed by atoms with Crippen molar-refractivity contribution in [1.29, 1.82) is 0 Å². The summed E-state index contributed by atoms with van der Waals surface area (Å²) < 4.78 is 4.70. The molecule has 0 radical (unpaired) electrons. The Morgan fingerprint density at radius 2 is 2.17 bits per heavy atom. The van der Waals surface area contributed by atoms with Crippen LogP contribution in [-0.2, 0) is 9.53 Å². The maximum Gasteiger partial charge on any atom is 0.409 e. The number of nitrogens with zero attached hydrogens (tertiary/aromatic N) is 1. The minimum atomic E-state index is -0.464. The Labute approximate surface area is 107 Å². The lowest BCUT2D eigenvalue weighted by Gasteiger charge is -2.38. The average molecular weight is 258 g/mol. The van der Waals surface area contributed by atoms with Crippen molar-refractivity contribution in [2.24, 2.45) is 5.92 Å². The molecule has 104 valence electrons. The van der Waals surface area contributed by atoms with Crippen molar-refractivity contribution < 1.29 is 19.4 Å². The summed E-state index contributed by atoms with van der Waals surface area (Å²) in [4.78, 5) is 24.2. The van der Waals surface area contributed by atoms with E-state index in [0.717, 1.165) is 0 Å². The number of aliphatic hydroxyl groups is 1. The molecule has 0 bridgehead atoms. The van der Waals surface area contributed by atoms with E-state index in [1.54, 1.807) is 0 Å². The van der Waals surface area contributed by atoms with Gasteiger partial charge in [0.25, 0.3) is 0 Å². The van der Waals surface area contributed by atoms with Crippen LogP contribution >= 0.6 is 0 Å². The molecule has 0 aliphatic carbocycles. The summed E-state index contributed by atoms with van der Waals surface area (Å²) in [5.41, 5.74) is 0. The Balaban J connectivity index is 2.71. The summed E-state index contributed by atoms with van der Waals surface area (Å²) in [7, 11) is 1.33. The molecule has 1 heterocycles. The minimum absolute atomic E-state index is 0.0281. The molecule has 2 N–H and O–H groups in total. The first kappa shape index (κ1) is 14.8. The summed E-state index contributed by atoms with van der Waals surface area (Å²) in [6.45, 7) is 4.24. The van der Waals surface area contributed by atoms with Crippen molar-refractivity contribution in [2.75, 3.05) is 20.2 Å². The van der Waals surface area contributed by atoms with Gasteiger partial charge < -0.3 is 20.1 Å². The number of nitrogens with one attached hydrogen (secondary N) is 1. The van der Waals surface area contributed by atoms with Crippen molar-refractivity contribution in [3.63, 3.8) is 0 Å². The molecular weight excluding hydrogens is 236 g/mol. The number of hydrogen-bond acceptors (Lipinski definition) is 4. The number of hydrogen-bond donors (Lipinski definition) is 2. The number of piperidine rings is 1. The third-order valence-electron chi connectivity index (χ3n) is 3.29. The summed E-state index contributed by atoms with van der Waals surface area (Å²) in [6, 6.07) is -0.124. The first-order chi connectivity index (χ1) is 8.47. The average Bonchev–Trinajstić information content (AvgIpc) is 2.35. The van der Waals surface area contributed by atoms with Gasteiger partial charge in [-0.3, -0.25) is 4.79 Å². The third-order valence-corrected chi connectivity index (χ3v) is 3.29. The Morgan fingerprint density at radius 1 is 1.50 bits per heavy atom. The summed E-state index contributed by atoms with van der Waals surface area (Å²) in [5.74, 6) is -0.156. The zero-order valence-electron chi connectivity index (χ0n) is 11.2. The van der Waals surface area contributed by atoms with Crippen LogP contribution in [-0.4, -0.2) is 54.4 Å². The molecule has 2 amide bonds. The molecule has 0 aromatic carbocycles. The fourth-order valence-electron chi connectivity index (χ4n) is 2.42. The van der Waals surface area contributed by atoms with E-state index in [1.807, 2.05) is 6.92 Å². The second-order valence-corrected chi connectivity index (χ2v) is 4.74. The zero-order valence-corrected chi connectivity index (χ0v) is 11.2. The van der Waals surface area contributed by atoms with Gasteiger partial charge in [-0.1, -0.05) is 6.92 Å². The Kier molecular flexibility index (Phi) is 5.40. The van der Waals surface area contributed by atoms with Crippen LogP contribution in [0, 0.1) is 5.92 Å². The van der Waals surface area contributed by atoms with Crippen molar-refractivity contribution in [1.82, 2.24) is 10.2 Å². The second kappa shape index (κ2) is 6.58. The maximum atomic E-state index is 11.6. The van der Waals surface area contributed by atoms with Gasteiger partial charge in [0.05, 0.1) is 13.2 Å². The Bertz CT molecular complexity index is 308. The molecular formula is C12H22N2O4. The van der Waals surface area contributed by atoms with E-state index in [-0.39, 0.29) is 17.9 Å². The van der Waals surface area contributed by atoms with E-state index in [9.17, 15) is 14.7 Å². The van der Waals surface area contributed by atoms with Gasteiger partial charge >= 0.3 is 6.09 Å². The van der Waals surface area contributed by atoms with Crippen LogP contribution in [0.2, 0.25) is 0 Å². The molecule has 0 spiro atoms. The highest BCUT2D eigenvalue weighted by atomic mass is 16.5. The fourth-order valence-corrected chi connectivity index (χ4v) is 2.42. The van der Waals surface area contributed by atoms with Crippen LogP contribution in [0.3, 0.4) is 0 Å². The fraction of sp³-hybridized carbons (Fsp3) is 0.833. The summed E-state index contributed by atoms with van der Waals surface area (Å²) in [5, 5.41) is 12.7. The van der Waals surface area contributed by atoms with Gasteiger partial charge in [0.2, 0.25) is 5.91 Å². The molecule has 1 aliphatic heterocycles. The number of methoxy groups -OCH3 is 1. The topological polar surface area (TPSA) is 78.9 Å². The minimum Gasteiger partial charge on any atom is -0.453 e. The van der Waals surface area contributed by atoms with Crippen LogP contribution in [0.25, 0.3) is 0 Å². The van der Waals surface area contributed by atoms with E-state index in [1.165, 1.54) is 18.9 Å². The number of aliphatic hydroxyl groups excluding tert-OH is 1. The van der Waals surface area contributed by atoms with Crippen molar-refractivity contribution in [3.05, 3.63) is 0 Å². The number of amides is 2. The Hall–Kier alpha value is -1.30. The summed E-state index contributed by atoms with van der Waals surface area (Å²) in [6.07, 6.45) is 0.432. The van der Waals surface area contributed by atoms with Crippen LogP contribution in [0.15, 0.2) is 0 Å². The molecule has 3 atom stereocenters. The molecule has 1 aliphatic rings. The molecule has 6 nitrogen and oxygen atoms in total. The van der Waals surface area contributed by atoms with Crippen molar-refractivity contribution in [3.8, 4) is 0 Å². The number of carbonyl (C=O) groups excluding carboxylic acids is 2. The first-order valence-corrected chi connectivity index (χ1v) is 6.26. The lowest BCUT2D eigenvalue weighted by molar-refractivity contribution is -0.120. The van der Waals surface area contributed by atoms with Gasteiger partial charge in [-0.05, 0) is 12.8 Å². The molecule has 18 heavy (non-hydrogen) atoms. The van der Waals surface area contributed by atoms with Crippen molar-refractivity contribution in [2.45, 2.75) is 38.8 Å². The largest absolute Gasteiger partial charge is 0.453 e.